The number of non-ortho nitro benzene ring substituents is 1. The Balaban J connectivity index is 3.26. The van der Waals surface area contributed by atoms with Crippen molar-refractivity contribution in [3.05, 3.63) is 33.9 Å². The first kappa shape index (κ1) is 17.3. The Kier molecular flexibility index (Phi) is 5.64. The topological polar surface area (TPSA) is 107 Å². The molecule has 1 aromatic rings. The van der Waals surface area contributed by atoms with E-state index in [9.17, 15) is 23.3 Å². The van der Waals surface area contributed by atoms with Crippen LogP contribution >= 0.6 is 10.7 Å². The predicted octanol–water partition coefficient (Wildman–Crippen LogP) is 1.24. The van der Waals surface area contributed by atoms with Gasteiger partial charge in [0.2, 0.25) is 0 Å². The number of rotatable bonds is 6. The number of likely N-dealkylation sites (N-methyl/N-ethyl adjacent to an activating group) is 1. The van der Waals surface area contributed by atoms with Crippen LogP contribution in [0.4, 0.5) is 5.69 Å². The number of nitro benzene ring substituents is 1. The van der Waals surface area contributed by atoms with E-state index in [1.807, 2.05) is 0 Å². The van der Waals surface area contributed by atoms with Gasteiger partial charge in [-0.3, -0.25) is 14.9 Å². The summed E-state index contributed by atoms with van der Waals surface area (Å²) in [6, 6.07) is 2.80. The summed E-state index contributed by atoms with van der Waals surface area (Å²) in [5.74, 6) is -0.572. The molecule has 10 heteroatoms. The molecule has 0 N–H and O–H groups in total. The van der Waals surface area contributed by atoms with Crippen LogP contribution in [0.3, 0.4) is 0 Å². The summed E-state index contributed by atoms with van der Waals surface area (Å²) in [7, 11) is 3.92. The summed E-state index contributed by atoms with van der Waals surface area (Å²) in [6.45, 7) is 0.527. The van der Waals surface area contributed by atoms with Crippen molar-refractivity contribution in [2.24, 2.45) is 0 Å². The van der Waals surface area contributed by atoms with Crippen LogP contribution in [0.5, 0.6) is 0 Å². The molecular weight excluding hydrogens is 324 g/mol. The number of methoxy groups -OCH3 is 1. The van der Waals surface area contributed by atoms with Crippen LogP contribution in [0.15, 0.2) is 23.1 Å². The fourth-order valence-corrected chi connectivity index (χ4v) is 2.30. The first-order valence-electron chi connectivity index (χ1n) is 5.65. The second-order valence-electron chi connectivity index (χ2n) is 4.13. The SMILES string of the molecule is COCCN(C)C(=O)c1cc([N+](=O)[O-])cc(S(=O)(=O)Cl)c1. The van der Waals surface area contributed by atoms with E-state index in [4.69, 9.17) is 15.4 Å². The molecule has 8 nitrogen and oxygen atoms in total. The number of hydrogen-bond donors (Lipinski definition) is 0. The van der Waals surface area contributed by atoms with E-state index in [0.29, 0.717) is 0 Å². The van der Waals surface area contributed by atoms with E-state index in [0.717, 1.165) is 18.2 Å². The second-order valence-corrected chi connectivity index (χ2v) is 6.70. The molecule has 0 radical (unpaired) electrons. The number of halogens is 1. The molecule has 0 aliphatic heterocycles. The molecule has 1 aromatic carbocycles. The van der Waals surface area contributed by atoms with Crippen molar-refractivity contribution in [3.8, 4) is 0 Å². The summed E-state index contributed by atoms with van der Waals surface area (Å²) >= 11 is 0. The van der Waals surface area contributed by atoms with Gasteiger partial charge in [0.15, 0.2) is 0 Å². The van der Waals surface area contributed by atoms with Gasteiger partial charge in [0.25, 0.3) is 20.6 Å². The Morgan fingerprint density at radius 3 is 2.52 bits per heavy atom. The van der Waals surface area contributed by atoms with Gasteiger partial charge in [0, 0.05) is 49.1 Å². The third-order valence-electron chi connectivity index (χ3n) is 2.61. The number of benzene rings is 1. The lowest BCUT2D eigenvalue weighted by atomic mass is 10.2. The fraction of sp³-hybridized carbons (Fsp3) is 0.364. The minimum Gasteiger partial charge on any atom is -0.383 e. The summed E-state index contributed by atoms with van der Waals surface area (Å²) in [5.41, 5.74) is -0.665. The molecule has 0 spiro atoms. The van der Waals surface area contributed by atoms with Crippen molar-refractivity contribution >= 4 is 31.3 Å². The highest BCUT2D eigenvalue weighted by molar-refractivity contribution is 8.13. The Labute approximate surface area is 125 Å². The minimum atomic E-state index is -4.19. The molecule has 0 bridgehead atoms. The maximum absolute atomic E-state index is 12.1. The second kappa shape index (κ2) is 6.83. The molecule has 1 rings (SSSR count). The van der Waals surface area contributed by atoms with E-state index in [2.05, 4.69) is 0 Å². The smallest absolute Gasteiger partial charge is 0.271 e. The molecule has 116 valence electrons. The van der Waals surface area contributed by atoms with Crippen LogP contribution in [-0.2, 0) is 13.8 Å². The zero-order valence-corrected chi connectivity index (χ0v) is 12.8. The van der Waals surface area contributed by atoms with Crippen LogP contribution < -0.4 is 0 Å². The van der Waals surface area contributed by atoms with Gasteiger partial charge in [0.1, 0.15) is 0 Å². The zero-order valence-electron chi connectivity index (χ0n) is 11.3. The van der Waals surface area contributed by atoms with Crippen molar-refractivity contribution in [1.29, 1.82) is 0 Å². The summed E-state index contributed by atoms with van der Waals surface area (Å²) in [6.07, 6.45) is 0. The molecule has 0 aromatic heterocycles. The van der Waals surface area contributed by atoms with Crippen molar-refractivity contribution in [1.82, 2.24) is 4.90 Å². The number of nitrogens with zero attached hydrogens (tertiary/aromatic N) is 2. The number of carbonyl (C=O) groups is 1. The highest BCUT2D eigenvalue weighted by Crippen LogP contribution is 2.24. The van der Waals surface area contributed by atoms with Gasteiger partial charge in [-0.1, -0.05) is 0 Å². The lowest BCUT2D eigenvalue weighted by molar-refractivity contribution is -0.385. The predicted molar refractivity (Wildman–Crippen MR) is 75.0 cm³/mol. The number of hydrogen-bond acceptors (Lipinski definition) is 6. The Bertz CT molecular complexity index is 661. The molecular formula is C11H13ClN2O6S. The van der Waals surface area contributed by atoms with Gasteiger partial charge in [-0.05, 0) is 6.07 Å². The third kappa shape index (κ3) is 4.66. The van der Waals surface area contributed by atoms with E-state index in [1.165, 1.54) is 19.1 Å². The van der Waals surface area contributed by atoms with Gasteiger partial charge in [-0.2, -0.15) is 0 Å². The average Bonchev–Trinajstić information content (AvgIpc) is 2.42. The van der Waals surface area contributed by atoms with Crippen LogP contribution in [0, 0.1) is 10.1 Å². The van der Waals surface area contributed by atoms with Crippen molar-refractivity contribution < 1.29 is 22.9 Å². The van der Waals surface area contributed by atoms with Crippen molar-refractivity contribution in [2.45, 2.75) is 4.90 Å². The molecule has 0 aliphatic rings. The van der Waals surface area contributed by atoms with Gasteiger partial charge < -0.3 is 9.64 Å². The highest BCUT2D eigenvalue weighted by atomic mass is 35.7. The normalized spacial score (nSPS) is 11.2. The largest absolute Gasteiger partial charge is 0.383 e. The fourth-order valence-electron chi connectivity index (χ4n) is 1.50. The maximum atomic E-state index is 12.1. The maximum Gasteiger partial charge on any atom is 0.271 e. The summed E-state index contributed by atoms with van der Waals surface area (Å²) in [4.78, 5) is 22.9. The van der Waals surface area contributed by atoms with Gasteiger partial charge >= 0.3 is 0 Å². The van der Waals surface area contributed by atoms with Crippen LogP contribution in [0.2, 0.25) is 0 Å². The summed E-state index contributed by atoms with van der Waals surface area (Å²) in [5, 5.41) is 10.8. The minimum absolute atomic E-state index is 0.137. The van der Waals surface area contributed by atoms with Crippen molar-refractivity contribution in [3.63, 3.8) is 0 Å². The first-order valence-corrected chi connectivity index (χ1v) is 7.96. The Morgan fingerprint density at radius 2 is 2.05 bits per heavy atom. The van der Waals surface area contributed by atoms with Crippen LogP contribution in [0.25, 0.3) is 0 Å². The lowest BCUT2D eigenvalue weighted by Crippen LogP contribution is -2.30. The number of amides is 1. The number of ether oxygens (including phenoxy) is 1. The van der Waals surface area contributed by atoms with Gasteiger partial charge in [0.05, 0.1) is 16.4 Å². The van der Waals surface area contributed by atoms with Crippen LogP contribution in [-0.4, -0.2) is 51.5 Å². The zero-order chi connectivity index (χ0) is 16.2. The molecule has 0 heterocycles. The summed E-state index contributed by atoms with van der Waals surface area (Å²) < 4.78 is 27.5. The molecule has 0 saturated carbocycles. The monoisotopic (exact) mass is 336 g/mol. The lowest BCUT2D eigenvalue weighted by Gasteiger charge is -2.16. The first-order chi connectivity index (χ1) is 9.66. The quantitative estimate of drug-likeness (QED) is 0.439. The van der Waals surface area contributed by atoms with E-state index < -0.39 is 30.5 Å². The molecule has 0 atom stereocenters. The van der Waals surface area contributed by atoms with E-state index in [1.54, 1.807) is 0 Å². The van der Waals surface area contributed by atoms with E-state index in [-0.39, 0.29) is 18.7 Å². The molecule has 0 unspecified atom stereocenters. The average molecular weight is 337 g/mol. The molecule has 21 heavy (non-hydrogen) atoms. The molecule has 1 amide bonds. The van der Waals surface area contributed by atoms with Gasteiger partial charge in [-0.25, -0.2) is 8.42 Å². The Hall–Kier alpha value is -1.71. The van der Waals surface area contributed by atoms with Gasteiger partial charge in [-0.15, -0.1) is 0 Å². The van der Waals surface area contributed by atoms with Crippen LogP contribution in [0.1, 0.15) is 10.4 Å². The Morgan fingerprint density at radius 1 is 1.43 bits per heavy atom. The third-order valence-corrected chi connectivity index (χ3v) is 3.94. The molecule has 0 fully saturated rings. The standard InChI is InChI=1S/C11H13ClN2O6S/c1-13(3-4-20-2)11(15)8-5-9(14(16)17)7-10(6-8)21(12,18)19/h5-7H,3-4H2,1-2H3. The van der Waals surface area contributed by atoms with E-state index >= 15 is 0 Å². The molecule has 0 aliphatic carbocycles. The number of nitro groups is 1. The highest BCUT2D eigenvalue weighted by Gasteiger charge is 2.21. The number of carbonyl (C=O) groups excluding carboxylic acids is 1. The molecule has 0 saturated heterocycles. The van der Waals surface area contributed by atoms with Crippen molar-refractivity contribution in [2.75, 3.05) is 27.3 Å².